The Bertz CT molecular complexity index is 2980. The summed E-state index contributed by atoms with van der Waals surface area (Å²) < 4.78 is 0. The van der Waals surface area contributed by atoms with Crippen molar-refractivity contribution in [2.24, 2.45) is 0 Å². The number of benzene rings is 6. The Morgan fingerprint density at radius 1 is 0.391 bits per heavy atom. The normalized spacial score (nSPS) is 10.4. The van der Waals surface area contributed by atoms with Crippen LogP contribution >= 0.6 is 22.9 Å². The molecule has 3 aromatic heterocycles. The van der Waals surface area contributed by atoms with Gasteiger partial charge in [0.2, 0.25) is 0 Å². The third-order valence-corrected chi connectivity index (χ3v) is 16.5. The molecule has 0 saturated carbocycles. The smallest absolute Gasteiger partial charge is 0.0428 e. The molecule has 92 heavy (non-hydrogen) atoms. The van der Waals surface area contributed by atoms with Crippen molar-refractivity contribution in [1.82, 2.24) is 9.97 Å². The van der Waals surface area contributed by atoms with Crippen LogP contribution in [0.4, 0.5) is 0 Å². The average molecular weight is 1280 g/mol. The monoisotopic (exact) mass is 1270 g/mol. The van der Waals surface area contributed by atoms with Crippen LogP contribution in [-0.2, 0) is 19.3 Å². The van der Waals surface area contributed by atoms with Crippen LogP contribution in [0.3, 0.4) is 0 Å². The van der Waals surface area contributed by atoms with E-state index < -0.39 is 0 Å². The van der Waals surface area contributed by atoms with Crippen LogP contribution in [0.25, 0.3) is 0 Å². The molecule has 9 rings (SSSR count). The highest BCUT2D eigenvalue weighted by molar-refractivity contribution is 7.10. The Morgan fingerprint density at radius 2 is 0.815 bits per heavy atom. The van der Waals surface area contributed by atoms with E-state index in [1.807, 2.05) is 90.6 Å². The first-order valence-corrected chi connectivity index (χ1v) is 35.7. The third-order valence-electron chi connectivity index (χ3n) is 15.1. The highest BCUT2D eigenvalue weighted by atomic mass is 35.5. The molecule has 0 radical (unpaired) electrons. The first kappa shape index (κ1) is 83.4. The number of aromatic nitrogens is 2. The van der Waals surface area contributed by atoms with Crippen LogP contribution in [0.15, 0.2) is 231 Å². The molecule has 6 aromatic carbocycles. The van der Waals surface area contributed by atoms with E-state index in [-0.39, 0.29) is 0 Å². The summed E-state index contributed by atoms with van der Waals surface area (Å²) in [5.74, 6) is 5.69. The third kappa shape index (κ3) is 39.0. The van der Waals surface area contributed by atoms with Gasteiger partial charge in [-0.25, -0.2) is 0 Å². The number of hydrogen-bond donors (Lipinski definition) is 0. The number of unbranched alkanes of at least 4 members (excludes halogenated alkanes) is 1. The number of allylic oxidation sites excluding steroid dienone is 1. The van der Waals surface area contributed by atoms with Crippen molar-refractivity contribution >= 4 is 22.9 Å². The maximum atomic E-state index is 5.89. The van der Waals surface area contributed by atoms with Crippen molar-refractivity contribution in [1.29, 1.82) is 0 Å². The van der Waals surface area contributed by atoms with Crippen molar-refractivity contribution in [2.45, 2.75) is 237 Å². The number of halogens is 1. The predicted molar refractivity (Wildman–Crippen MR) is 415 cm³/mol. The van der Waals surface area contributed by atoms with Crippen LogP contribution in [0.5, 0.6) is 0 Å². The van der Waals surface area contributed by atoms with E-state index in [1.165, 1.54) is 85.3 Å². The van der Waals surface area contributed by atoms with E-state index in [1.54, 1.807) is 0 Å². The lowest BCUT2D eigenvalue weighted by atomic mass is 9.99. The topological polar surface area (TPSA) is 25.8 Å². The lowest BCUT2D eigenvalue weighted by Gasteiger charge is -2.07. The van der Waals surface area contributed by atoms with Gasteiger partial charge in [-0.2, -0.15) is 0 Å². The molecular formula is C88H123ClN2S. The summed E-state index contributed by atoms with van der Waals surface area (Å²) in [5.41, 5.74) is 16.6. The minimum Gasteiger partial charge on any atom is -0.265 e. The number of hydrogen-bond acceptors (Lipinski definition) is 3. The van der Waals surface area contributed by atoms with Gasteiger partial charge in [0, 0.05) is 34.2 Å². The molecule has 9 aromatic rings. The highest BCUT2D eigenvalue weighted by Crippen LogP contribution is 2.23. The minimum atomic E-state index is 0.547. The van der Waals surface area contributed by atoms with Crippen LogP contribution in [0.1, 0.15) is 283 Å². The van der Waals surface area contributed by atoms with Crippen LogP contribution in [0, 0.1) is 6.92 Å². The van der Waals surface area contributed by atoms with Gasteiger partial charge in [0.15, 0.2) is 0 Å². The first-order chi connectivity index (χ1) is 43.8. The number of rotatable bonds is 16. The predicted octanol–water partition coefficient (Wildman–Crippen LogP) is 28.1. The average Bonchev–Trinajstić information content (AvgIpc) is 2.34. The Labute approximate surface area is 573 Å². The molecule has 0 atom stereocenters. The SMILES string of the molecule is C=CCCc1cccc(C(C)C)c1.CC(C)c1ccccc1.CC(C)c1ccccc1.CC(C)c1ccccn1.CC(C)c1cccs1.CC(C)c1ccncc1.CCCCc1cccc(C(C)C)c1.CCc1cccc(C(C)C)c1.Cc1cc(Cl)cc(C(C)C)c1. The fraction of sp³-hybridized carbons (Fsp3) is 0.409. The first-order valence-electron chi connectivity index (χ1n) is 34.4. The van der Waals surface area contributed by atoms with Crippen molar-refractivity contribution in [3.63, 3.8) is 0 Å². The molecule has 498 valence electrons. The van der Waals surface area contributed by atoms with Crippen LogP contribution in [-0.4, -0.2) is 9.97 Å². The molecule has 0 fully saturated rings. The Balaban J connectivity index is 0.000000520. The summed E-state index contributed by atoms with van der Waals surface area (Å²) in [5, 5.41) is 2.96. The number of thiophene rings is 1. The second kappa shape index (κ2) is 49.9. The van der Waals surface area contributed by atoms with Crippen LogP contribution < -0.4 is 0 Å². The van der Waals surface area contributed by atoms with Gasteiger partial charge in [0.1, 0.15) is 0 Å². The summed E-state index contributed by atoms with van der Waals surface area (Å²) in [4.78, 5) is 9.58. The van der Waals surface area contributed by atoms with Gasteiger partial charge in [-0.05, 0) is 201 Å². The quantitative estimate of drug-likeness (QED) is 0.0901. The van der Waals surface area contributed by atoms with Gasteiger partial charge in [-0.3, -0.25) is 9.97 Å². The molecule has 3 heterocycles. The maximum absolute atomic E-state index is 5.89. The fourth-order valence-electron chi connectivity index (χ4n) is 8.90. The zero-order chi connectivity index (χ0) is 68.8. The van der Waals surface area contributed by atoms with E-state index in [2.05, 4.69) is 307 Å². The summed E-state index contributed by atoms with van der Waals surface area (Å²) in [6.07, 6.45) is 14.6. The highest BCUT2D eigenvalue weighted by Gasteiger charge is 2.04. The van der Waals surface area contributed by atoms with E-state index in [4.69, 9.17) is 11.6 Å². The summed E-state index contributed by atoms with van der Waals surface area (Å²) >= 11 is 7.73. The van der Waals surface area contributed by atoms with E-state index in [0.29, 0.717) is 53.3 Å². The molecule has 0 aliphatic rings. The zero-order valence-corrected chi connectivity index (χ0v) is 62.8. The standard InChI is InChI=1S/C13H20.C13H18.C11H16.C10H13Cl.2C9H12.2C8H11N.C7H10S/c2*1-4-5-7-12-8-6-9-13(10-12)11(2)3;1-4-10-6-5-7-11(8-10)9(2)3;1-7(2)9-4-8(3)5-10(11)6-9;2*1-8(2)9-6-4-3-5-7-9;1-7(2)8-3-5-9-6-4-8;1-7(2)8-5-3-4-6-9-8;1-6(2)7-4-3-5-8-7/h6,8-11H,4-5,7H2,1-3H3;4,6,8-11H,1,5,7H2,2-3H3;5-9H,4H2,1-3H3;4-7H,1-3H3;2*3-8H,1-2H3;2*3-7H,1-2H3;3-6H,1-2H3. The van der Waals surface area contributed by atoms with E-state index in [0.717, 1.165) is 30.0 Å². The minimum absolute atomic E-state index is 0.547. The molecule has 0 spiro atoms. The zero-order valence-electron chi connectivity index (χ0n) is 61.2. The lowest BCUT2D eigenvalue weighted by molar-refractivity contribution is 0.789. The molecule has 0 aliphatic heterocycles. The van der Waals surface area contributed by atoms with Gasteiger partial charge in [-0.15, -0.1) is 17.9 Å². The van der Waals surface area contributed by atoms with Crippen molar-refractivity contribution in [2.75, 3.05) is 0 Å². The molecule has 2 nitrogen and oxygen atoms in total. The molecule has 0 N–H and O–H groups in total. The Hall–Kier alpha value is -6.65. The van der Waals surface area contributed by atoms with Crippen molar-refractivity contribution in [3.8, 4) is 0 Å². The molecule has 0 amide bonds. The summed E-state index contributed by atoms with van der Waals surface area (Å²) in [6, 6.07) is 68.2. The van der Waals surface area contributed by atoms with Crippen LogP contribution in [0.2, 0.25) is 5.02 Å². The summed E-state index contributed by atoms with van der Waals surface area (Å²) in [7, 11) is 0. The van der Waals surface area contributed by atoms with Gasteiger partial charge in [0.25, 0.3) is 0 Å². The van der Waals surface area contributed by atoms with Crippen molar-refractivity contribution in [3.05, 3.63) is 308 Å². The van der Waals surface area contributed by atoms with Gasteiger partial charge < -0.3 is 0 Å². The largest absolute Gasteiger partial charge is 0.265 e. The number of aryl methyl sites for hydroxylation is 4. The van der Waals surface area contributed by atoms with E-state index in [9.17, 15) is 0 Å². The molecular weight excluding hydrogens is 1150 g/mol. The molecule has 0 unspecified atom stereocenters. The lowest BCUT2D eigenvalue weighted by Crippen LogP contribution is -1.90. The summed E-state index contributed by atoms with van der Waals surface area (Å²) in [6.45, 7) is 49.9. The molecule has 0 aliphatic carbocycles. The molecule has 0 saturated heterocycles. The second-order valence-corrected chi connectivity index (χ2v) is 27.8. The van der Waals surface area contributed by atoms with Gasteiger partial charge >= 0.3 is 0 Å². The van der Waals surface area contributed by atoms with Crippen molar-refractivity contribution < 1.29 is 0 Å². The second-order valence-electron chi connectivity index (χ2n) is 26.3. The Morgan fingerprint density at radius 3 is 1.14 bits per heavy atom. The number of pyridine rings is 2. The Kier molecular flexibility index (Phi) is 45.2. The maximum Gasteiger partial charge on any atom is 0.0428 e. The number of nitrogens with zero attached hydrogens (tertiary/aromatic N) is 2. The van der Waals surface area contributed by atoms with Gasteiger partial charge in [-0.1, -0.05) is 314 Å². The fourth-order valence-corrected chi connectivity index (χ4v) is 9.94. The van der Waals surface area contributed by atoms with E-state index >= 15 is 0 Å². The van der Waals surface area contributed by atoms with Gasteiger partial charge in [0.05, 0.1) is 0 Å². The molecule has 4 heteroatoms. The molecule has 0 bridgehead atoms.